The molecule has 0 aliphatic carbocycles. The van der Waals surface area contributed by atoms with Gasteiger partial charge in [-0.2, -0.15) is 13.2 Å². The molecule has 1 aromatic carbocycles. The molecule has 0 atom stereocenters. The van der Waals surface area contributed by atoms with Crippen LogP contribution in [0.1, 0.15) is 17.0 Å². The van der Waals surface area contributed by atoms with Crippen molar-refractivity contribution in [1.82, 2.24) is 9.97 Å². The number of aryl methyl sites for hydroxylation is 1. The second-order valence-corrected chi connectivity index (χ2v) is 4.54. The van der Waals surface area contributed by atoms with Crippen molar-refractivity contribution in [2.45, 2.75) is 20.0 Å². The van der Waals surface area contributed by atoms with Crippen molar-refractivity contribution in [1.29, 1.82) is 0 Å². The Kier molecular flexibility index (Phi) is 3.85. The molecule has 0 aliphatic heterocycles. The summed E-state index contributed by atoms with van der Waals surface area (Å²) in [6, 6.07) is 2.78. The van der Waals surface area contributed by atoms with Gasteiger partial charge in [0.25, 0.3) is 0 Å². The van der Waals surface area contributed by atoms with Crippen molar-refractivity contribution in [2.24, 2.45) is 0 Å². The van der Waals surface area contributed by atoms with Crippen LogP contribution in [-0.4, -0.2) is 17.0 Å². The second-order valence-electron chi connectivity index (χ2n) is 4.54. The molecule has 1 heterocycles. The normalized spacial score (nSPS) is 11.6. The lowest BCUT2D eigenvalue weighted by Crippen LogP contribution is -2.08. The minimum absolute atomic E-state index is 0.278. The largest absolute Gasteiger partial charge is 0.419 e. The lowest BCUT2D eigenvalue weighted by atomic mass is 10.0. The van der Waals surface area contributed by atoms with Crippen molar-refractivity contribution < 1.29 is 17.6 Å². The van der Waals surface area contributed by atoms with Gasteiger partial charge in [0.05, 0.1) is 11.3 Å². The molecule has 0 aliphatic rings. The van der Waals surface area contributed by atoms with E-state index >= 15 is 0 Å². The molecule has 0 unspecified atom stereocenters. The molecule has 3 nitrogen and oxygen atoms in total. The van der Waals surface area contributed by atoms with Crippen LogP contribution in [0.2, 0.25) is 0 Å². The molecule has 0 bridgehead atoms. The number of halogens is 4. The predicted molar refractivity (Wildman–Crippen MR) is 71.4 cm³/mol. The predicted octanol–water partition coefficient (Wildman–Crippen LogP) is 3.96. The van der Waals surface area contributed by atoms with Crippen LogP contribution in [0.5, 0.6) is 0 Å². The van der Waals surface area contributed by atoms with Crippen molar-refractivity contribution in [3.05, 3.63) is 41.0 Å². The highest BCUT2D eigenvalue weighted by atomic mass is 19.4. The molecule has 0 fully saturated rings. The monoisotopic (exact) mass is 299 g/mol. The summed E-state index contributed by atoms with van der Waals surface area (Å²) in [5.41, 5.74) is 0.0326. The Labute approximate surface area is 119 Å². The quantitative estimate of drug-likeness (QED) is 0.853. The first-order valence-electron chi connectivity index (χ1n) is 6.14. The number of aromatic nitrogens is 2. The SMILES string of the molecule is CNc1nc(C)nc(-c2ccc(C(F)(F)F)c(F)c2)c1C. The molecular weight excluding hydrogens is 286 g/mol. The van der Waals surface area contributed by atoms with Crippen LogP contribution in [-0.2, 0) is 6.18 Å². The molecule has 2 aromatic rings. The van der Waals surface area contributed by atoms with E-state index in [1.54, 1.807) is 20.9 Å². The van der Waals surface area contributed by atoms with E-state index in [0.29, 0.717) is 22.9 Å². The van der Waals surface area contributed by atoms with Gasteiger partial charge in [0.2, 0.25) is 0 Å². The molecular formula is C14H13F4N3. The van der Waals surface area contributed by atoms with Crippen LogP contribution in [0.4, 0.5) is 23.4 Å². The van der Waals surface area contributed by atoms with E-state index in [-0.39, 0.29) is 5.56 Å². The van der Waals surface area contributed by atoms with Gasteiger partial charge in [0.1, 0.15) is 17.5 Å². The zero-order chi connectivity index (χ0) is 15.8. The fourth-order valence-corrected chi connectivity index (χ4v) is 2.05. The molecule has 0 saturated heterocycles. The van der Waals surface area contributed by atoms with Gasteiger partial charge in [0, 0.05) is 18.2 Å². The van der Waals surface area contributed by atoms with E-state index in [4.69, 9.17) is 0 Å². The fourth-order valence-electron chi connectivity index (χ4n) is 2.05. The van der Waals surface area contributed by atoms with Crippen LogP contribution in [0, 0.1) is 19.7 Å². The number of alkyl halides is 3. The molecule has 2 rings (SSSR count). The highest BCUT2D eigenvalue weighted by Gasteiger charge is 2.34. The van der Waals surface area contributed by atoms with Gasteiger partial charge in [-0.1, -0.05) is 6.07 Å². The second kappa shape index (κ2) is 5.31. The maximum atomic E-state index is 13.7. The van der Waals surface area contributed by atoms with Crippen LogP contribution >= 0.6 is 0 Å². The van der Waals surface area contributed by atoms with E-state index in [1.807, 2.05) is 0 Å². The molecule has 0 amide bonds. The van der Waals surface area contributed by atoms with E-state index in [2.05, 4.69) is 15.3 Å². The number of hydrogen-bond donors (Lipinski definition) is 1. The van der Waals surface area contributed by atoms with E-state index in [0.717, 1.165) is 12.1 Å². The fraction of sp³-hybridized carbons (Fsp3) is 0.286. The minimum atomic E-state index is -4.71. The van der Waals surface area contributed by atoms with Crippen LogP contribution in [0.15, 0.2) is 18.2 Å². The smallest absolute Gasteiger partial charge is 0.373 e. The number of nitrogens with zero attached hydrogens (tertiary/aromatic N) is 2. The summed E-state index contributed by atoms with van der Waals surface area (Å²) >= 11 is 0. The third-order valence-corrected chi connectivity index (χ3v) is 3.04. The average Bonchev–Trinajstić information content (AvgIpc) is 2.39. The Balaban J connectivity index is 2.59. The number of nitrogens with one attached hydrogen (secondary N) is 1. The van der Waals surface area contributed by atoms with Crippen molar-refractivity contribution in [3.8, 4) is 11.3 Å². The summed E-state index contributed by atoms with van der Waals surface area (Å²) in [4.78, 5) is 8.35. The molecule has 1 N–H and O–H groups in total. The Bertz CT molecular complexity index is 681. The number of benzene rings is 1. The highest BCUT2D eigenvalue weighted by Crippen LogP contribution is 2.34. The zero-order valence-electron chi connectivity index (χ0n) is 11.6. The summed E-state index contributed by atoms with van der Waals surface area (Å²) in [5, 5.41) is 2.87. The lowest BCUT2D eigenvalue weighted by Gasteiger charge is -2.13. The third kappa shape index (κ3) is 2.96. The van der Waals surface area contributed by atoms with Crippen LogP contribution < -0.4 is 5.32 Å². The van der Waals surface area contributed by atoms with Gasteiger partial charge in [0.15, 0.2) is 0 Å². The molecule has 0 saturated carbocycles. The molecule has 21 heavy (non-hydrogen) atoms. The third-order valence-electron chi connectivity index (χ3n) is 3.04. The maximum Gasteiger partial charge on any atom is 0.419 e. The topological polar surface area (TPSA) is 37.8 Å². The molecule has 112 valence electrons. The first-order chi connectivity index (χ1) is 9.74. The van der Waals surface area contributed by atoms with Gasteiger partial charge in [-0.05, 0) is 26.0 Å². The van der Waals surface area contributed by atoms with Crippen LogP contribution in [0.25, 0.3) is 11.3 Å². The maximum absolute atomic E-state index is 13.7. The van der Waals surface area contributed by atoms with Gasteiger partial charge < -0.3 is 5.32 Å². The van der Waals surface area contributed by atoms with E-state index < -0.39 is 17.6 Å². The van der Waals surface area contributed by atoms with E-state index in [9.17, 15) is 17.6 Å². The Morgan fingerprint density at radius 2 is 1.76 bits per heavy atom. The summed E-state index contributed by atoms with van der Waals surface area (Å²) in [6.45, 7) is 3.38. The van der Waals surface area contributed by atoms with Crippen molar-refractivity contribution >= 4 is 5.82 Å². The van der Waals surface area contributed by atoms with Crippen molar-refractivity contribution in [2.75, 3.05) is 12.4 Å². The Morgan fingerprint density at radius 1 is 1.10 bits per heavy atom. The average molecular weight is 299 g/mol. The molecule has 0 spiro atoms. The first kappa shape index (κ1) is 15.2. The van der Waals surface area contributed by atoms with E-state index in [1.165, 1.54) is 6.07 Å². The first-order valence-corrected chi connectivity index (χ1v) is 6.14. The number of anilines is 1. The minimum Gasteiger partial charge on any atom is -0.373 e. The molecule has 0 radical (unpaired) electrons. The zero-order valence-corrected chi connectivity index (χ0v) is 11.6. The van der Waals surface area contributed by atoms with Gasteiger partial charge >= 0.3 is 6.18 Å². The summed E-state index contributed by atoms with van der Waals surface area (Å²) < 4.78 is 51.4. The number of hydrogen-bond acceptors (Lipinski definition) is 3. The van der Waals surface area contributed by atoms with Gasteiger partial charge in [-0.25, -0.2) is 14.4 Å². The Morgan fingerprint density at radius 3 is 2.29 bits per heavy atom. The number of rotatable bonds is 2. The van der Waals surface area contributed by atoms with Gasteiger partial charge in [-0.15, -0.1) is 0 Å². The lowest BCUT2D eigenvalue weighted by molar-refractivity contribution is -0.139. The molecule has 7 heteroatoms. The Hall–Kier alpha value is -2.18. The molecule has 1 aromatic heterocycles. The highest BCUT2D eigenvalue weighted by molar-refractivity contribution is 5.68. The van der Waals surface area contributed by atoms with Crippen LogP contribution in [0.3, 0.4) is 0 Å². The summed E-state index contributed by atoms with van der Waals surface area (Å²) in [7, 11) is 1.67. The summed E-state index contributed by atoms with van der Waals surface area (Å²) in [5.74, 6) is -0.320. The van der Waals surface area contributed by atoms with Crippen molar-refractivity contribution in [3.63, 3.8) is 0 Å². The summed E-state index contributed by atoms with van der Waals surface area (Å²) in [6.07, 6.45) is -4.71. The van der Waals surface area contributed by atoms with Gasteiger partial charge in [-0.3, -0.25) is 0 Å². The standard InChI is InChI=1S/C14H13F4N3/c1-7-12(20-8(2)21-13(7)19-3)9-4-5-10(11(15)6-9)14(16,17)18/h4-6H,1-3H3,(H,19,20,21).